The Morgan fingerprint density at radius 2 is 1.83 bits per heavy atom. The summed E-state index contributed by atoms with van der Waals surface area (Å²) in [7, 11) is 1.99. The zero-order valence-corrected chi connectivity index (χ0v) is 14.1. The van der Waals surface area contributed by atoms with E-state index in [2.05, 4.69) is 42.0 Å². The van der Waals surface area contributed by atoms with Gasteiger partial charge in [-0.3, -0.25) is 10.2 Å². The highest BCUT2D eigenvalue weighted by Gasteiger charge is 2.44. The number of nitrogens with zero attached hydrogens (tertiary/aromatic N) is 1. The monoisotopic (exact) mass is 313 g/mol. The first-order valence-electron chi connectivity index (χ1n) is 8.98. The van der Waals surface area contributed by atoms with Crippen LogP contribution in [0, 0.1) is 11.8 Å². The predicted octanol–water partition coefficient (Wildman–Crippen LogP) is 1.89. The summed E-state index contributed by atoms with van der Waals surface area (Å²) < 4.78 is 0. The van der Waals surface area contributed by atoms with Crippen molar-refractivity contribution in [3.05, 3.63) is 35.4 Å². The second kappa shape index (κ2) is 5.91. The lowest BCUT2D eigenvalue weighted by Crippen LogP contribution is -2.50. The molecule has 1 saturated heterocycles. The van der Waals surface area contributed by atoms with Crippen molar-refractivity contribution in [2.24, 2.45) is 11.8 Å². The SMILES string of the molecule is CC1CCC2NNC(C(=O)N(C)C3Cc4ccccc4C3)C2C1. The Morgan fingerprint density at radius 3 is 2.52 bits per heavy atom. The fourth-order valence-corrected chi connectivity index (χ4v) is 4.73. The summed E-state index contributed by atoms with van der Waals surface area (Å²) in [5.74, 6) is 1.43. The summed E-state index contributed by atoms with van der Waals surface area (Å²) in [5, 5.41) is 0. The molecule has 1 amide bonds. The van der Waals surface area contributed by atoms with Crippen LogP contribution in [0.3, 0.4) is 0 Å². The van der Waals surface area contributed by atoms with E-state index >= 15 is 0 Å². The van der Waals surface area contributed by atoms with Gasteiger partial charge in [-0.15, -0.1) is 0 Å². The van der Waals surface area contributed by atoms with Crippen molar-refractivity contribution in [2.75, 3.05) is 7.05 Å². The first-order valence-corrected chi connectivity index (χ1v) is 8.98. The Morgan fingerprint density at radius 1 is 1.13 bits per heavy atom. The molecule has 4 heteroatoms. The first kappa shape index (κ1) is 15.2. The molecule has 4 nitrogen and oxygen atoms in total. The normalized spacial score (nSPS) is 33.3. The maximum absolute atomic E-state index is 13.1. The lowest BCUT2D eigenvalue weighted by molar-refractivity contribution is -0.135. The average molecular weight is 313 g/mol. The van der Waals surface area contributed by atoms with E-state index in [1.165, 1.54) is 24.0 Å². The summed E-state index contributed by atoms with van der Waals surface area (Å²) in [6, 6.07) is 9.30. The Balaban J connectivity index is 1.45. The summed E-state index contributed by atoms with van der Waals surface area (Å²) in [6.45, 7) is 2.31. The van der Waals surface area contributed by atoms with Crippen LogP contribution < -0.4 is 10.9 Å². The molecule has 2 fully saturated rings. The maximum Gasteiger partial charge on any atom is 0.241 e. The summed E-state index contributed by atoms with van der Waals surface area (Å²) >= 11 is 0. The second-order valence-electron chi connectivity index (χ2n) is 7.73. The van der Waals surface area contributed by atoms with Crippen molar-refractivity contribution < 1.29 is 4.79 Å². The van der Waals surface area contributed by atoms with Gasteiger partial charge in [0.05, 0.1) is 0 Å². The van der Waals surface area contributed by atoms with Crippen molar-refractivity contribution in [3.63, 3.8) is 0 Å². The zero-order valence-electron chi connectivity index (χ0n) is 14.1. The van der Waals surface area contributed by atoms with Crippen LogP contribution in [0.2, 0.25) is 0 Å². The largest absolute Gasteiger partial charge is 0.341 e. The third-order valence-corrected chi connectivity index (χ3v) is 6.21. The number of hydrazine groups is 1. The van der Waals surface area contributed by atoms with Gasteiger partial charge in [-0.25, -0.2) is 5.43 Å². The minimum atomic E-state index is -0.0588. The number of carbonyl (C=O) groups is 1. The van der Waals surface area contributed by atoms with E-state index in [1.807, 2.05) is 11.9 Å². The van der Waals surface area contributed by atoms with E-state index in [0.29, 0.717) is 18.0 Å². The molecule has 1 saturated carbocycles. The van der Waals surface area contributed by atoms with Gasteiger partial charge in [0.25, 0.3) is 0 Å². The minimum Gasteiger partial charge on any atom is -0.341 e. The molecule has 3 aliphatic rings. The van der Waals surface area contributed by atoms with E-state index < -0.39 is 0 Å². The summed E-state index contributed by atoms with van der Waals surface area (Å²) in [5.41, 5.74) is 9.48. The minimum absolute atomic E-state index is 0.0588. The molecule has 0 aromatic heterocycles. The highest BCUT2D eigenvalue weighted by molar-refractivity contribution is 5.83. The van der Waals surface area contributed by atoms with Crippen molar-refractivity contribution >= 4 is 5.91 Å². The second-order valence-corrected chi connectivity index (χ2v) is 7.73. The summed E-state index contributed by atoms with van der Waals surface area (Å²) in [4.78, 5) is 15.1. The number of benzene rings is 1. The lowest BCUT2D eigenvalue weighted by atomic mass is 9.76. The van der Waals surface area contributed by atoms with Crippen LogP contribution in [0.4, 0.5) is 0 Å². The Kier molecular flexibility index (Phi) is 3.90. The number of amides is 1. The van der Waals surface area contributed by atoms with Crippen LogP contribution in [0.15, 0.2) is 24.3 Å². The molecule has 0 spiro atoms. The zero-order chi connectivity index (χ0) is 16.0. The van der Waals surface area contributed by atoms with Gasteiger partial charge < -0.3 is 4.90 Å². The molecular weight excluding hydrogens is 286 g/mol. The predicted molar refractivity (Wildman–Crippen MR) is 90.8 cm³/mol. The van der Waals surface area contributed by atoms with Gasteiger partial charge in [-0.2, -0.15) is 0 Å². The first-order chi connectivity index (χ1) is 11.1. The Bertz CT molecular complexity index is 577. The number of fused-ring (bicyclic) bond motifs is 2. The third-order valence-electron chi connectivity index (χ3n) is 6.21. The van der Waals surface area contributed by atoms with E-state index in [-0.39, 0.29) is 11.9 Å². The average Bonchev–Trinajstić information content (AvgIpc) is 3.16. The molecule has 124 valence electrons. The van der Waals surface area contributed by atoms with Gasteiger partial charge in [0, 0.05) is 25.0 Å². The van der Waals surface area contributed by atoms with Crippen LogP contribution in [0.1, 0.15) is 37.3 Å². The van der Waals surface area contributed by atoms with E-state index in [0.717, 1.165) is 25.2 Å². The van der Waals surface area contributed by atoms with Crippen LogP contribution in [-0.4, -0.2) is 36.0 Å². The molecule has 4 unspecified atom stereocenters. The van der Waals surface area contributed by atoms with Crippen LogP contribution >= 0.6 is 0 Å². The maximum atomic E-state index is 13.1. The van der Waals surface area contributed by atoms with Crippen molar-refractivity contribution in [3.8, 4) is 0 Å². The van der Waals surface area contributed by atoms with Crippen LogP contribution in [0.5, 0.6) is 0 Å². The Labute approximate surface area is 138 Å². The van der Waals surface area contributed by atoms with Gasteiger partial charge in [-0.1, -0.05) is 31.2 Å². The fourth-order valence-electron chi connectivity index (χ4n) is 4.73. The highest BCUT2D eigenvalue weighted by Crippen LogP contribution is 2.35. The summed E-state index contributed by atoms with van der Waals surface area (Å²) in [6.07, 6.45) is 5.58. The molecule has 1 aliphatic heterocycles. The molecule has 0 radical (unpaired) electrons. The lowest BCUT2D eigenvalue weighted by Gasteiger charge is -2.33. The van der Waals surface area contributed by atoms with Gasteiger partial charge in [0.1, 0.15) is 6.04 Å². The van der Waals surface area contributed by atoms with Gasteiger partial charge in [0.15, 0.2) is 0 Å². The topological polar surface area (TPSA) is 44.4 Å². The van der Waals surface area contributed by atoms with E-state index in [1.54, 1.807) is 0 Å². The molecule has 2 aliphatic carbocycles. The number of hydrogen-bond donors (Lipinski definition) is 2. The molecule has 0 bridgehead atoms. The standard InChI is InChI=1S/C19H27N3O/c1-12-7-8-17-16(9-12)18(21-20-17)19(23)22(2)15-10-13-5-3-4-6-14(13)11-15/h3-6,12,15-18,20-21H,7-11H2,1-2H3. The number of hydrogen-bond acceptors (Lipinski definition) is 3. The van der Waals surface area contributed by atoms with Gasteiger partial charge in [-0.05, 0) is 49.1 Å². The highest BCUT2D eigenvalue weighted by atomic mass is 16.2. The quantitative estimate of drug-likeness (QED) is 0.876. The number of carbonyl (C=O) groups excluding carboxylic acids is 1. The Hall–Kier alpha value is -1.39. The van der Waals surface area contributed by atoms with E-state index in [4.69, 9.17) is 0 Å². The number of nitrogens with one attached hydrogen (secondary N) is 2. The molecule has 1 heterocycles. The fraction of sp³-hybridized carbons (Fsp3) is 0.632. The third kappa shape index (κ3) is 2.68. The van der Waals surface area contributed by atoms with Crippen molar-refractivity contribution in [1.29, 1.82) is 0 Å². The van der Waals surface area contributed by atoms with Gasteiger partial charge in [0.2, 0.25) is 5.91 Å². The molecule has 1 aromatic carbocycles. The van der Waals surface area contributed by atoms with E-state index in [9.17, 15) is 4.79 Å². The van der Waals surface area contributed by atoms with Crippen molar-refractivity contribution in [1.82, 2.24) is 15.8 Å². The number of rotatable bonds is 2. The van der Waals surface area contributed by atoms with Crippen molar-refractivity contribution in [2.45, 2.75) is 57.2 Å². The molecule has 4 atom stereocenters. The molecular formula is C19H27N3O. The van der Waals surface area contributed by atoms with Crippen LogP contribution in [-0.2, 0) is 17.6 Å². The van der Waals surface area contributed by atoms with Gasteiger partial charge >= 0.3 is 0 Å². The molecule has 1 aromatic rings. The number of likely N-dealkylation sites (N-methyl/N-ethyl adjacent to an activating group) is 1. The van der Waals surface area contributed by atoms with Crippen LogP contribution in [0.25, 0.3) is 0 Å². The smallest absolute Gasteiger partial charge is 0.241 e. The molecule has 2 N–H and O–H groups in total. The molecule has 4 rings (SSSR count). The molecule has 23 heavy (non-hydrogen) atoms.